The minimum atomic E-state index is -1.04. The van der Waals surface area contributed by atoms with E-state index in [0.717, 1.165) is 12.8 Å². The van der Waals surface area contributed by atoms with E-state index in [1.807, 2.05) is 0 Å². The van der Waals surface area contributed by atoms with E-state index < -0.39 is 5.97 Å². The van der Waals surface area contributed by atoms with E-state index in [0.29, 0.717) is 11.9 Å². The van der Waals surface area contributed by atoms with Crippen molar-refractivity contribution >= 4 is 11.9 Å². The van der Waals surface area contributed by atoms with Crippen LogP contribution in [-0.4, -0.2) is 27.1 Å². The number of aromatic nitrogens is 2. The molecule has 0 spiro atoms. The molecule has 94 valence electrons. The van der Waals surface area contributed by atoms with Gasteiger partial charge in [0.25, 0.3) is 0 Å². The number of rotatable bonds is 6. The summed E-state index contributed by atoms with van der Waals surface area (Å²) in [5, 5.41) is 12.0. The molecule has 1 rings (SSSR count). The maximum Gasteiger partial charge on any atom is 0.354 e. The van der Waals surface area contributed by atoms with E-state index in [4.69, 9.17) is 5.11 Å². The first-order valence-electron chi connectivity index (χ1n) is 5.91. The van der Waals surface area contributed by atoms with E-state index in [2.05, 4.69) is 36.1 Å². The van der Waals surface area contributed by atoms with Gasteiger partial charge in [-0.15, -0.1) is 0 Å². The first-order valence-corrected chi connectivity index (χ1v) is 5.91. The fraction of sp³-hybridized carbons (Fsp3) is 0.583. The third kappa shape index (κ3) is 3.69. The van der Waals surface area contributed by atoms with E-state index in [-0.39, 0.29) is 11.7 Å². The molecule has 0 aliphatic heterocycles. The molecule has 5 nitrogen and oxygen atoms in total. The summed E-state index contributed by atoms with van der Waals surface area (Å²) in [6, 6.07) is 1.61. The summed E-state index contributed by atoms with van der Waals surface area (Å²) in [5.74, 6) is -0.123. The van der Waals surface area contributed by atoms with Crippen molar-refractivity contribution < 1.29 is 9.90 Å². The highest BCUT2D eigenvalue weighted by molar-refractivity contribution is 5.85. The zero-order valence-electron chi connectivity index (χ0n) is 10.5. The Kier molecular flexibility index (Phi) is 4.87. The summed E-state index contributed by atoms with van der Waals surface area (Å²) in [6.07, 6.45) is 3.60. The molecule has 1 unspecified atom stereocenters. The number of anilines is 1. The fourth-order valence-corrected chi connectivity index (χ4v) is 1.86. The molecule has 0 saturated heterocycles. The van der Waals surface area contributed by atoms with E-state index in [1.54, 1.807) is 0 Å². The van der Waals surface area contributed by atoms with Gasteiger partial charge in [0.05, 0.1) is 0 Å². The lowest BCUT2D eigenvalue weighted by atomic mass is 9.96. The van der Waals surface area contributed by atoms with Gasteiger partial charge in [-0.25, -0.2) is 14.8 Å². The average Bonchev–Trinajstić information content (AvgIpc) is 2.30. The molecule has 2 N–H and O–H groups in total. The zero-order chi connectivity index (χ0) is 12.8. The van der Waals surface area contributed by atoms with E-state index >= 15 is 0 Å². The Balaban J connectivity index is 2.74. The molecule has 0 aromatic carbocycles. The lowest BCUT2D eigenvalue weighted by Crippen LogP contribution is -2.26. The number of hydrogen-bond donors (Lipinski definition) is 2. The van der Waals surface area contributed by atoms with Crippen LogP contribution in [0.5, 0.6) is 0 Å². The van der Waals surface area contributed by atoms with Gasteiger partial charge in [0.15, 0.2) is 5.69 Å². The molecular weight excluding hydrogens is 218 g/mol. The van der Waals surface area contributed by atoms with Gasteiger partial charge in [0, 0.05) is 12.2 Å². The van der Waals surface area contributed by atoms with Crippen LogP contribution in [0.3, 0.4) is 0 Å². The monoisotopic (exact) mass is 237 g/mol. The average molecular weight is 237 g/mol. The minimum absolute atomic E-state index is 0.0132. The number of carboxylic acids is 1. The van der Waals surface area contributed by atoms with Crippen LogP contribution in [0.4, 0.5) is 5.95 Å². The molecule has 17 heavy (non-hydrogen) atoms. The number of carbonyl (C=O) groups is 1. The Morgan fingerprint density at radius 1 is 1.47 bits per heavy atom. The SMILES string of the molecule is CCC(CC)C(C)Nc1nccc(C(=O)O)n1. The molecule has 1 atom stereocenters. The van der Waals surface area contributed by atoms with Crippen LogP contribution >= 0.6 is 0 Å². The second-order valence-corrected chi connectivity index (χ2v) is 4.08. The zero-order valence-corrected chi connectivity index (χ0v) is 10.5. The molecule has 0 aliphatic carbocycles. The highest BCUT2D eigenvalue weighted by Gasteiger charge is 2.15. The maximum atomic E-state index is 10.8. The molecule has 1 aromatic heterocycles. The lowest BCUT2D eigenvalue weighted by molar-refractivity contribution is 0.0690. The van der Waals surface area contributed by atoms with Crippen molar-refractivity contribution in [2.24, 2.45) is 5.92 Å². The minimum Gasteiger partial charge on any atom is -0.477 e. The largest absolute Gasteiger partial charge is 0.477 e. The standard InChI is InChI=1S/C12H19N3O2/c1-4-9(5-2)8(3)14-12-13-7-6-10(15-12)11(16)17/h6-9H,4-5H2,1-3H3,(H,16,17)(H,13,14,15). The second-order valence-electron chi connectivity index (χ2n) is 4.08. The molecule has 1 aromatic rings. The number of carboxylic acid groups (broad SMARTS) is 1. The van der Waals surface area contributed by atoms with Gasteiger partial charge in [0.2, 0.25) is 5.95 Å². The Morgan fingerprint density at radius 2 is 2.12 bits per heavy atom. The van der Waals surface area contributed by atoms with Gasteiger partial charge in [-0.05, 0) is 18.9 Å². The molecule has 0 fully saturated rings. The Hall–Kier alpha value is -1.65. The number of nitrogens with zero attached hydrogens (tertiary/aromatic N) is 2. The second kappa shape index (κ2) is 6.18. The molecular formula is C12H19N3O2. The summed E-state index contributed by atoms with van der Waals surface area (Å²) >= 11 is 0. The third-order valence-corrected chi connectivity index (χ3v) is 2.99. The Morgan fingerprint density at radius 3 is 2.65 bits per heavy atom. The molecule has 0 radical (unpaired) electrons. The molecule has 1 heterocycles. The van der Waals surface area contributed by atoms with Crippen LogP contribution in [0, 0.1) is 5.92 Å². The van der Waals surface area contributed by atoms with Crippen molar-refractivity contribution in [3.8, 4) is 0 Å². The normalized spacial score (nSPS) is 12.5. The van der Waals surface area contributed by atoms with E-state index in [1.165, 1.54) is 12.3 Å². The van der Waals surface area contributed by atoms with E-state index in [9.17, 15) is 4.79 Å². The quantitative estimate of drug-likeness (QED) is 0.794. The molecule has 0 bridgehead atoms. The predicted molar refractivity (Wildman–Crippen MR) is 66.1 cm³/mol. The fourth-order valence-electron chi connectivity index (χ4n) is 1.86. The summed E-state index contributed by atoms with van der Waals surface area (Å²) in [4.78, 5) is 18.7. The van der Waals surface area contributed by atoms with Gasteiger partial charge < -0.3 is 10.4 Å². The number of nitrogens with one attached hydrogen (secondary N) is 1. The first-order chi connectivity index (χ1) is 8.08. The molecule has 5 heteroatoms. The number of hydrogen-bond acceptors (Lipinski definition) is 4. The van der Waals surface area contributed by atoms with Crippen LogP contribution in [0.2, 0.25) is 0 Å². The summed E-state index contributed by atoms with van der Waals surface area (Å²) in [5.41, 5.74) is 0.0132. The van der Waals surface area contributed by atoms with Gasteiger partial charge in [-0.2, -0.15) is 0 Å². The summed E-state index contributed by atoms with van der Waals surface area (Å²) < 4.78 is 0. The van der Waals surface area contributed by atoms with Gasteiger partial charge in [0.1, 0.15) is 0 Å². The Labute approximate surface area is 101 Å². The number of aromatic carboxylic acids is 1. The first kappa shape index (κ1) is 13.4. The van der Waals surface area contributed by atoms with Crippen molar-refractivity contribution in [2.45, 2.75) is 39.7 Å². The Bertz CT molecular complexity index is 378. The highest BCUT2D eigenvalue weighted by Crippen LogP contribution is 2.15. The van der Waals surface area contributed by atoms with Crippen LogP contribution < -0.4 is 5.32 Å². The molecule has 0 saturated carbocycles. The summed E-state index contributed by atoms with van der Waals surface area (Å²) in [7, 11) is 0. The van der Waals surface area contributed by atoms with Crippen molar-refractivity contribution in [3.05, 3.63) is 18.0 Å². The van der Waals surface area contributed by atoms with Gasteiger partial charge in [-0.1, -0.05) is 26.7 Å². The van der Waals surface area contributed by atoms with Crippen molar-refractivity contribution in [1.29, 1.82) is 0 Å². The van der Waals surface area contributed by atoms with Gasteiger partial charge >= 0.3 is 5.97 Å². The van der Waals surface area contributed by atoms with Crippen LogP contribution in [0.1, 0.15) is 44.1 Å². The van der Waals surface area contributed by atoms with Crippen LogP contribution in [0.25, 0.3) is 0 Å². The maximum absolute atomic E-state index is 10.8. The molecule has 0 amide bonds. The van der Waals surface area contributed by atoms with Crippen LogP contribution in [0.15, 0.2) is 12.3 Å². The van der Waals surface area contributed by atoms with Crippen molar-refractivity contribution in [3.63, 3.8) is 0 Å². The predicted octanol–water partition coefficient (Wildman–Crippen LogP) is 2.41. The topological polar surface area (TPSA) is 75.1 Å². The highest BCUT2D eigenvalue weighted by atomic mass is 16.4. The van der Waals surface area contributed by atoms with Crippen molar-refractivity contribution in [1.82, 2.24) is 9.97 Å². The lowest BCUT2D eigenvalue weighted by Gasteiger charge is -2.22. The third-order valence-electron chi connectivity index (χ3n) is 2.99. The molecule has 0 aliphatic rings. The van der Waals surface area contributed by atoms with Crippen LogP contribution in [-0.2, 0) is 0 Å². The summed E-state index contributed by atoms with van der Waals surface area (Å²) in [6.45, 7) is 6.34. The van der Waals surface area contributed by atoms with Gasteiger partial charge in [-0.3, -0.25) is 0 Å². The smallest absolute Gasteiger partial charge is 0.354 e. The van der Waals surface area contributed by atoms with Crippen molar-refractivity contribution in [2.75, 3.05) is 5.32 Å².